The van der Waals surface area contributed by atoms with Crippen LogP contribution in [0.3, 0.4) is 0 Å². The maximum Gasteiger partial charge on any atom is 0.220 e. The van der Waals surface area contributed by atoms with Crippen LogP contribution < -0.4 is 5.32 Å². The molecule has 4 heteroatoms. The fourth-order valence-electron chi connectivity index (χ4n) is 0.890. The molecule has 0 rings (SSSR count). The van der Waals surface area contributed by atoms with Gasteiger partial charge in [0.15, 0.2) is 0 Å². The van der Waals surface area contributed by atoms with Gasteiger partial charge in [-0.15, -0.1) is 0 Å². The second-order valence-corrected chi connectivity index (χ2v) is 4.26. The van der Waals surface area contributed by atoms with Crippen molar-refractivity contribution in [2.24, 2.45) is 0 Å². The van der Waals surface area contributed by atoms with Gasteiger partial charge in [0.25, 0.3) is 0 Å². The molecule has 0 aromatic carbocycles. The average Bonchev–Trinajstić information content (AvgIpc) is 2.12. The molecule has 0 aliphatic heterocycles. The number of methoxy groups -OCH3 is 1. The molecule has 0 aliphatic rings. The number of halogens is 1. The topological polar surface area (TPSA) is 38.3 Å². The van der Waals surface area contributed by atoms with Crippen LogP contribution in [0.25, 0.3) is 0 Å². The van der Waals surface area contributed by atoms with Crippen LogP contribution in [0.1, 0.15) is 26.2 Å². The molecule has 0 bridgehead atoms. The Morgan fingerprint density at radius 2 is 2.31 bits per heavy atom. The minimum absolute atomic E-state index is 0.127. The summed E-state index contributed by atoms with van der Waals surface area (Å²) in [5.41, 5.74) is 0. The largest absolute Gasteiger partial charge is 0.383 e. The number of alkyl halides is 1. The zero-order valence-electron chi connectivity index (χ0n) is 8.31. The van der Waals surface area contributed by atoms with Gasteiger partial charge < -0.3 is 10.1 Å². The van der Waals surface area contributed by atoms with E-state index in [0.29, 0.717) is 19.6 Å². The van der Waals surface area contributed by atoms with Gasteiger partial charge in [-0.2, -0.15) is 0 Å². The number of rotatable bonds is 7. The molecule has 0 fully saturated rings. The van der Waals surface area contributed by atoms with Crippen molar-refractivity contribution in [2.75, 3.05) is 20.3 Å². The molecule has 1 atom stereocenters. The lowest BCUT2D eigenvalue weighted by Gasteiger charge is -2.09. The Labute approximate surface area is 88.4 Å². The monoisotopic (exact) mass is 251 g/mol. The minimum Gasteiger partial charge on any atom is -0.383 e. The lowest BCUT2D eigenvalue weighted by atomic mass is 10.2. The van der Waals surface area contributed by atoms with Crippen molar-refractivity contribution in [1.29, 1.82) is 0 Å². The number of amides is 1. The van der Waals surface area contributed by atoms with E-state index in [9.17, 15) is 4.79 Å². The molecule has 0 aromatic rings. The van der Waals surface area contributed by atoms with Gasteiger partial charge in [-0.05, 0) is 6.42 Å². The third kappa shape index (κ3) is 8.25. The predicted octanol–water partition coefficient (Wildman–Crippen LogP) is 1.70. The van der Waals surface area contributed by atoms with Crippen molar-refractivity contribution in [2.45, 2.75) is 31.0 Å². The summed E-state index contributed by atoms with van der Waals surface area (Å²) in [5, 5.41) is 2.84. The second kappa shape index (κ2) is 8.51. The van der Waals surface area contributed by atoms with Crippen LogP contribution in [0.15, 0.2) is 0 Å². The lowest BCUT2D eigenvalue weighted by Crippen LogP contribution is -2.31. The summed E-state index contributed by atoms with van der Waals surface area (Å²) >= 11 is 3.39. The Balaban J connectivity index is 3.34. The molecule has 13 heavy (non-hydrogen) atoms. The first kappa shape index (κ1) is 12.9. The number of unbranched alkanes of at least 4 members (excludes halogenated alkanes) is 1. The van der Waals surface area contributed by atoms with E-state index in [0.717, 1.165) is 12.8 Å². The Bertz CT molecular complexity index is 142. The van der Waals surface area contributed by atoms with Gasteiger partial charge in [-0.1, -0.05) is 29.3 Å². The summed E-state index contributed by atoms with van der Waals surface area (Å²) in [6.07, 6.45) is 2.65. The quantitative estimate of drug-likeness (QED) is 0.700. The molecule has 0 saturated heterocycles. The molecule has 78 valence electrons. The Kier molecular flexibility index (Phi) is 8.45. The highest BCUT2D eigenvalue weighted by atomic mass is 79.9. The van der Waals surface area contributed by atoms with Gasteiger partial charge in [0.05, 0.1) is 11.4 Å². The molecule has 3 nitrogen and oxygen atoms in total. The fraction of sp³-hybridized carbons (Fsp3) is 0.889. The number of ether oxygens (including phenoxy) is 1. The van der Waals surface area contributed by atoms with E-state index in [1.54, 1.807) is 7.11 Å². The van der Waals surface area contributed by atoms with Gasteiger partial charge in [0, 0.05) is 20.1 Å². The van der Waals surface area contributed by atoms with Gasteiger partial charge in [-0.3, -0.25) is 4.79 Å². The number of nitrogens with one attached hydrogen (secondary N) is 1. The molecule has 0 spiro atoms. The van der Waals surface area contributed by atoms with Crippen molar-refractivity contribution in [3.05, 3.63) is 0 Å². The Morgan fingerprint density at radius 1 is 1.62 bits per heavy atom. The van der Waals surface area contributed by atoms with Crippen LogP contribution in [0, 0.1) is 0 Å². The molecule has 1 amide bonds. The van der Waals surface area contributed by atoms with Gasteiger partial charge in [-0.25, -0.2) is 0 Å². The molecular formula is C9H18BrNO2. The fourth-order valence-corrected chi connectivity index (χ4v) is 1.32. The van der Waals surface area contributed by atoms with Crippen LogP contribution in [-0.4, -0.2) is 31.0 Å². The highest BCUT2D eigenvalue weighted by molar-refractivity contribution is 9.09. The molecule has 0 aliphatic carbocycles. The molecule has 0 saturated carbocycles. The molecule has 1 N–H and O–H groups in total. The number of hydrogen-bond acceptors (Lipinski definition) is 2. The molecule has 1 unspecified atom stereocenters. The van der Waals surface area contributed by atoms with E-state index in [-0.39, 0.29) is 10.7 Å². The average molecular weight is 252 g/mol. The molecule has 0 heterocycles. The highest BCUT2D eigenvalue weighted by Gasteiger charge is 2.05. The first-order chi connectivity index (χ1) is 6.20. The van der Waals surface area contributed by atoms with Crippen molar-refractivity contribution < 1.29 is 9.53 Å². The van der Waals surface area contributed by atoms with Crippen molar-refractivity contribution in [3.63, 3.8) is 0 Å². The lowest BCUT2D eigenvalue weighted by molar-refractivity contribution is -0.121. The summed E-state index contributed by atoms with van der Waals surface area (Å²) in [6, 6.07) is 0. The standard InChI is InChI=1S/C9H18BrNO2/c1-3-4-5-9(12)11-6-8(10)7-13-2/h8H,3-7H2,1-2H3,(H,11,12). The third-order valence-electron chi connectivity index (χ3n) is 1.63. The zero-order valence-corrected chi connectivity index (χ0v) is 9.89. The summed E-state index contributed by atoms with van der Waals surface area (Å²) in [7, 11) is 1.65. The van der Waals surface area contributed by atoms with Crippen LogP contribution >= 0.6 is 15.9 Å². The van der Waals surface area contributed by atoms with Gasteiger partial charge >= 0.3 is 0 Å². The highest BCUT2D eigenvalue weighted by Crippen LogP contribution is 1.98. The normalized spacial score (nSPS) is 12.5. The van der Waals surface area contributed by atoms with Crippen LogP contribution in [-0.2, 0) is 9.53 Å². The van der Waals surface area contributed by atoms with E-state index < -0.39 is 0 Å². The van der Waals surface area contributed by atoms with Gasteiger partial charge in [0.1, 0.15) is 0 Å². The minimum atomic E-state index is 0.127. The van der Waals surface area contributed by atoms with E-state index in [4.69, 9.17) is 4.74 Å². The van der Waals surface area contributed by atoms with Crippen LogP contribution in [0.5, 0.6) is 0 Å². The van der Waals surface area contributed by atoms with Gasteiger partial charge in [0.2, 0.25) is 5.91 Å². The zero-order chi connectivity index (χ0) is 10.1. The number of carbonyl (C=O) groups is 1. The van der Waals surface area contributed by atoms with E-state index in [1.807, 2.05) is 0 Å². The summed E-state index contributed by atoms with van der Waals surface area (Å²) in [6.45, 7) is 3.33. The van der Waals surface area contributed by atoms with E-state index >= 15 is 0 Å². The Hall–Kier alpha value is -0.0900. The maximum atomic E-state index is 11.1. The molecule has 0 aromatic heterocycles. The maximum absolute atomic E-state index is 11.1. The van der Waals surface area contributed by atoms with Crippen LogP contribution in [0.4, 0.5) is 0 Å². The SMILES string of the molecule is CCCCC(=O)NCC(Br)COC. The third-order valence-corrected chi connectivity index (χ3v) is 2.21. The smallest absolute Gasteiger partial charge is 0.220 e. The van der Waals surface area contributed by atoms with Crippen molar-refractivity contribution in [3.8, 4) is 0 Å². The summed E-state index contributed by atoms with van der Waals surface area (Å²) in [5.74, 6) is 0.127. The number of hydrogen-bond donors (Lipinski definition) is 1. The van der Waals surface area contributed by atoms with Crippen molar-refractivity contribution in [1.82, 2.24) is 5.32 Å². The first-order valence-electron chi connectivity index (χ1n) is 4.60. The number of carbonyl (C=O) groups excluding carboxylic acids is 1. The second-order valence-electron chi connectivity index (χ2n) is 2.96. The van der Waals surface area contributed by atoms with Crippen molar-refractivity contribution >= 4 is 21.8 Å². The van der Waals surface area contributed by atoms with Crippen LogP contribution in [0.2, 0.25) is 0 Å². The first-order valence-corrected chi connectivity index (χ1v) is 5.52. The molecule has 0 radical (unpaired) electrons. The molecular weight excluding hydrogens is 234 g/mol. The summed E-state index contributed by atoms with van der Waals surface area (Å²) < 4.78 is 4.92. The predicted molar refractivity (Wildman–Crippen MR) is 57.1 cm³/mol. The van der Waals surface area contributed by atoms with E-state index in [1.165, 1.54) is 0 Å². The van der Waals surface area contributed by atoms with E-state index in [2.05, 4.69) is 28.2 Å². The summed E-state index contributed by atoms with van der Waals surface area (Å²) in [4.78, 5) is 11.3. The Morgan fingerprint density at radius 3 is 2.85 bits per heavy atom.